The van der Waals surface area contributed by atoms with Crippen molar-refractivity contribution in [3.63, 3.8) is 0 Å². The molecule has 1 aromatic carbocycles. The fourth-order valence-corrected chi connectivity index (χ4v) is 5.31. The van der Waals surface area contributed by atoms with E-state index in [2.05, 4.69) is 25.2 Å². The van der Waals surface area contributed by atoms with E-state index >= 15 is 0 Å². The van der Waals surface area contributed by atoms with Crippen LogP contribution in [0.3, 0.4) is 0 Å². The summed E-state index contributed by atoms with van der Waals surface area (Å²) in [4.78, 5) is 37.5. The van der Waals surface area contributed by atoms with E-state index in [0.717, 1.165) is 49.8 Å². The van der Waals surface area contributed by atoms with Gasteiger partial charge in [0.15, 0.2) is 5.75 Å². The SMILES string of the molecule is CCCCCCOC(=O)C(C)[C@]1(C)CNCC/C1=C\Cc1c(OC)c(C)c2c(c1OC(C)=O)C(=O)OC2. The van der Waals surface area contributed by atoms with Crippen LogP contribution in [-0.4, -0.2) is 44.7 Å². The summed E-state index contributed by atoms with van der Waals surface area (Å²) in [5, 5.41) is 3.43. The minimum Gasteiger partial charge on any atom is -0.496 e. The third-order valence-electron chi connectivity index (χ3n) is 7.77. The largest absolute Gasteiger partial charge is 0.496 e. The number of methoxy groups -OCH3 is 1. The lowest BCUT2D eigenvalue weighted by atomic mass is 9.68. The Kier molecular flexibility index (Phi) is 9.76. The molecule has 2 heterocycles. The van der Waals surface area contributed by atoms with Crippen LogP contribution in [0.5, 0.6) is 11.5 Å². The zero-order valence-electron chi connectivity index (χ0n) is 23.1. The van der Waals surface area contributed by atoms with Crippen LogP contribution >= 0.6 is 0 Å². The monoisotopic (exact) mass is 515 g/mol. The highest BCUT2D eigenvalue weighted by molar-refractivity contribution is 5.99. The number of rotatable bonds is 11. The van der Waals surface area contributed by atoms with Gasteiger partial charge in [-0.05, 0) is 38.3 Å². The predicted molar refractivity (Wildman–Crippen MR) is 140 cm³/mol. The van der Waals surface area contributed by atoms with Crippen molar-refractivity contribution in [2.24, 2.45) is 11.3 Å². The molecule has 0 aromatic heterocycles. The number of allylic oxidation sites excluding steroid dienone is 1. The van der Waals surface area contributed by atoms with E-state index in [4.69, 9.17) is 18.9 Å². The van der Waals surface area contributed by atoms with Gasteiger partial charge >= 0.3 is 17.9 Å². The number of piperidine rings is 1. The normalized spacial score (nSPS) is 20.8. The average Bonchev–Trinajstić information content (AvgIpc) is 3.26. The van der Waals surface area contributed by atoms with E-state index in [1.807, 2.05) is 13.8 Å². The summed E-state index contributed by atoms with van der Waals surface area (Å²) < 4.78 is 22.2. The number of hydrogen-bond acceptors (Lipinski definition) is 8. The minimum atomic E-state index is -0.524. The Morgan fingerprint density at radius 1 is 1.22 bits per heavy atom. The van der Waals surface area contributed by atoms with Crippen LogP contribution in [0.15, 0.2) is 11.6 Å². The number of cyclic esters (lactones) is 1. The van der Waals surface area contributed by atoms with E-state index in [1.54, 1.807) is 7.11 Å². The van der Waals surface area contributed by atoms with Crippen molar-refractivity contribution in [3.8, 4) is 11.5 Å². The minimum absolute atomic E-state index is 0.119. The summed E-state index contributed by atoms with van der Waals surface area (Å²) in [5.74, 6) is -0.802. The van der Waals surface area contributed by atoms with Crippen LogP contribution in [0.4, 0.5) is 0 Å². The molecule has 0 spiro atoms. The van der Waals surface area contributed by atoms with E-state index in [-0.39, 0.29) is 29.8 Å². The molecule has 37 heavy (non-hydrogen) atoms. The number of esters is 3. The van der Waals surface area contributed by atoms with Gasteiger partial charge in [-0.15, -0.1) is 0 Å². The smallest absolute Gasteiger partial charge is 0.342 e. The molecular formula is C29H41NO7. The van der Waals surface area contributed by atoms with Crippen molar-refractivity contribution in [3.05, 3.63) is 33.9 Å². The average molecular weight is 516 g/mol. The van der Waals surface area contributed by atoms with Crippen LogP contribution < -0.4 is 14.8 Å². The highest BCUT2D eigenvalue weighted by atomic mass is 16.6. The Bertz CT molecular complexity index is 1060. The Hall–Kier alpha value is -2.87. The second kappa shape index (κ2) is 12.6. The van der Waals surface area contributed by atoms with Gasteiger partial charge in [0.05, 0.1) is 19.6 Å². The van der Waals surface area contributed by atoms with Crippen molar-refractivity contribution >= 4 is 17.9 Å². The number of ether oxygens (including phenoxy) is 4. The predicted octanol–water partition coefficient (Wildman–Crippen LogP) is 4.83. The standard InChI is InChI=1S/C29H41NO7/c1-7-8-9-10-15-35-27(32)19(3)29(5)17-30-14-13-21(29)11-12-22-25(34-6)18(2)23-16-36-28(33)24(23)26(22)37-20(4)31/h11,19,30H,7-10,12-17H2,1-6H3/b21-11+/t19?,29-/m0/s1. The van der Waals surface area contributed by atoms with E-state index in [1.165, 1.54) is 6.92 Å². The van der Waals surface area contributed by atoms with Crippen molar-refractivity contribution in [1.29, 1.82) is 0 Å². The molecule has 2 aliphatic heterocycles. The summed E-state index contributed by atoms with van der Waals surface area (Å²) in [5.41, 5.74) is 3.05. The fourth-order valence-electron chi connectivity index (χ4n) is 5.31. The molecule has 0 radical (unpaired) electrons. The molecule has 0 bridgehead atoms. The van der Waals surface area contributed by atoms with Gasteiger partial charge in [0.1, 0.15) is 17.9 Å². The molecule has 204 valence electrons. The highest BCUT2D eigenvalue weighted by Gasteiger charge is 2.41. The quantitative estimate of drug-likeness (QED) is 0.194. The van der Waals surface area contributed by atoms with E-state index in [9.17, 15) is 14.4 Å². The first-order chi connectivity index (χ1) is 17.7. The van der Waals surface area contributed by atoms with E-state index in [0.29, 0.717) is 36.4 Å². The van der Waals surface area contributed by atoms with Crippen LogP contribution in [-0.2, 0) is 32.1 Å². The topological polar surface area (TPSA) is 100 Å². The van der Waals surface area contributed by atoms with Crippen LogP contribution in [0.2, 0.25) is 0 Å². The van der Waals surface area contributed by atoms with Crippen molar-refractivity contribution in [2.45, 2.75) is 79.8 Å². The molecule has 2 atom stereocenters. The second-order valence-electron chi connectivity index (χ2n) is 10.2. The third kappa shape index (κ3) is 6.17. The Morgan fingerprint density at radius 3 is 2.65 bits per heavy atom. The maximum atomic E-state index is 13.0. The Morgan fingerprint density at radius 2 is 1.97 bits per heavy atom. The molecular weight excluding hydrogens is 474 g/mol. The lowest BCUT2D eigenvalue weighted by Gasteiger charge is -2.41. The molecule has 0 saturated carbocycles. The lowest BCUT2D eigenvalue weighted by molar-refractivity contribution is -0.151. The lowest BCUT2D eigenvalue weighted by Crippen LogP contribution is -2.46. The van der Waals surface area contributed by atoms with Gasteiger partial charge in [-0.25, -0.2) is 4.79 Å². The highest BCUT2D eigenvalue weighted by Crippen LogP contribution is 2.44. The van der Waals surface area contributed by atoms with Gasteiger partial charge < -0.3 is 24.3 Å². The van der Waals surface area contributed by atoms with Crippen LogP contribution in [0.25, 0.3) is 0 Å². The molecule has 0 amide bonds. The van der Waals surface area contributed by atoms with Gasteiger partial charge in [-0.2, -0.15) is 0 Å². The first kappa shape index (κ1) is 28.7. The molecule has 1 N–H and O–H groups in total. The van der Waals surface area contributed by atoms with Gasteiger partial charge in [0.25, 0.3) is 0 Å². The maximum Gasteiger partial charge on any atom is 0.342 e. The van der Waals surface area contributed by atoms with Gasteiger partial charge in [-0.3, -0.25) is 9.59 Å². The number of fused-ring (bicyclic) bond motifs is 1. The summed E-state index contributed by atoms with van der Waals surface area (Å²) >= 11 is 0. The van der Waals surface area contributed by atoms with Crippen molar-refractivity contribution in [1.82, 2.24) is 5.32 Å². The Labute approximate surface area is 220 Å². The molecule has 0 aliphatic carbocycles. The third-order valence-corrected chi connectivity index (χ3v) is 7.77. The summed E-state index contributed by atoms with van der Waals surface area (Å²) in [6, 6.07) is 0. The summed E-state index contributed by atoms with van der Waals surface area (Å²) in [7, 11) is 1.56. The number of nitrogens with one attached hydrogen (secondary N) is 1. The zero-order valence-corrected chi connectivity index (χ0v) is 23.1. The number of carbonyl (C=O) groups excluding carboxylic acids is 3. The second-order valence-corrected chi connectivity index (χ2v) is 10.2. The number of hydrogen-bond donors (Lipinski definition) is 1. The fraction of sp³-hybridized carbons (Fsp3) is 0.621. The first-order valence-electron chi connectivity index (χ1n) is 13.3. The zero-order chi connectivity index (χ0) is 27.2. The van der Waals surface area contributed by atoms with Crippen LogP contribution in [0, 0.1) is 18.3 Å². The molecule has 3 rings (SSSR count). The molecule has 1 fully saturated rings. The Balaban J connectivity index is 1.92. The summed E-state index contributed by atoms with van der Waals surface area (Å²) in [6.45, 7) is 11.4. The number of benzene rings is 1. The van der Waals surface area contributed by atoms with Gasteiger partial charge in [-0.1, -0.05) is 51.7 Å². The van der Waals surface area contributed by atoms with Crippen molar-refractivity contribution < 1.29 is 33.3 Å². The molecule has 8 nitrogen and oxygen atoms in total. The van der Waals surface area contributed by atoms with Gasteiger partial charge in [0.2, 0.25) is 0 Å². The van der Waals surface area contributed by atoms with Crippen LogP contribution in [0.1, 0.15) is 86.8 Å². The molecule has 2 aliphatic rings. The van der Waals surface area contributed by atoms with Gasteiger partial charge in [0, 0.05) is 30.0 Å². The molecule has 8 heteroatoms. The first-order valence-corrected chi connectivity index (χ1v) is 13.3. The van der Waals surface area contributed by atoms with E-state index < -0.39 is 17.4 Å². The number of unbranched alkanes of at least 4 members (excludes halogenated alkanes) is 3. The number of carbonyl (C=O) groups is 3. The molecule has 1 aromatic rings. The molecule has 1 unspecified atom stereocenters. The van der Waals surface area contributed by atoms with Crippen molar-refractivity contribution in [2.75, 3.05) is 26.8 Å². The maximum absolute atomic E-state index is 13.0. The summed E-state index contributed by atoms with van der Waals surface area (Å²) in [6.07, 6.45) is 7.43. The molecule has 1 saturated heterocycles.